The van der Waals surface area contributed by atoms with Gasteiger partial charge in [0.05, 0.1) is 5.39 Å². The Kier molecular flexibility index (Phi) is 1.59. The van der Waals surface area contributed by atoms with Crippen molar-refractivity contribution in [2.45, 2.75) is 6.92 Å². The summed E-state index contributed by atoms with van der Waals surface area (Å²) in [5.74, 6) is -0.168. The van der Waals surface area contributed by atoms with E-state index in [1.54, 1.807) is 12.3 Å². The van der Waals surface area contributed by atoms with Gasteiger partial charge in [-0.1, -0.05) is 0 Å². The molecular weight excluding hydrogens is 166 g/mol. The molecule has 0 aliphatic rings. The Labute approximate surface area is 75.3 Å². The molecule has 1 aromatic heterocycles. The minimum Gasteiger partial charge on any atom is -0.504 e. The van der Waals surface area contributed by atoms with E-state index in [2.05, 4.69) is 4.98 Å². The molecule has 0 amide bonds. The van der Waals surface area contributed by atoms with E-state index < -0.39 is 0 Å². The molecule has 3 heteroatoms. The molecule has 1 heterocycles. The largest absolute Gasteiger partial charge is 0.504 e. The van der Waals surface area contributed by atoms with Crippen LogP contribution >= 0.6 is 0 Å². The summed E-state index contributed by atoms with van der Waals surface area (Å²) in [4.78, 5) is 2.97. The molecule has 13 heavy (non-hydrogen) atoms. The summed E-state index contributed by atoms with van der Waals surface area (Å²) in [5, 5.41) is 20.2. The van der Waals surface area contributed by atoms with E-state index in [0.717, 1.165) is 11.1 Å². The zero-order chi connectivity index (χ0) is 9.42. The van der Waals surface area contributed by atoms with Crippen molar-refractivity contribution >= 4 is 10.8 Å². The predicted molar refractivity (Wildman–Crippen MR) is 48.6 cm³/mol. The molecule has 0 atom stereocenters. The first-order valence-corrected chi connectivity index (χ1v) is 4.01. The minimum atomic E-state index is -0.0928. The van der Waals surface area contributed by atoms with Crippen molar-refractivity contribution in [3.63, 3.8) is 0 Å². The topological polar surface area (TPSA) is 54.6 Å². The summed E-state index contributed by atoms with van der Waals surface area (Å²) in [7, 11) is 0. The van der Waals surface area contributed by atoms with Gasteiger partial charge in [-0.25, -0.2) is 4.98 Å². The lowest BCUT2D eigenvalue weighted by Crippen LogP contribution is -2.04. The Hall–Kier alpha value is -1.77. The van der Waals surface area contributed by atoms with E-state index in [4.69, 9.17) is 0 Å². The van der Waals surface area contributed by atoms with Crippen molar-refractivity contribution in [2.75, 3.05) is 0 Å². The van der Waals surface area contributed by atoms with E-state index in [0.29, 0.717) is 5.39 Å². The number of hydrogen-bond donors (Lipinski definition) is 2. The fourth-order valence-electron chi connectivity index (χ4n) is 1.35. The normalized spacial score (nSPS) is 10.5. The molecular formula is C10H10NO2+. The molecule has 2 rings (SSSR count). The summed E-state index contributed by atoms with van der Waals surface area (Å²) in [6.45, 7) is 1.93. The van der Waals surface area contributed by atoms with Crippen molar-refractivity contribution < 1.29 is 15.2 Å². The van der Waals surface area contributed by atoms with Crippen LogP contribution < -0.4 is 4.98 Å². The monoisotopic (exact) mass is 176 g/mol. The summed E-state index contributed by atoms with van der Waals surface area (Å²) in [6, 6.07) is 5.16. The third-order valence-corrected chi connectivity index (χ3v) is 2.05. The zero-order valence-corrected chi connectivity index (χ0v) is 7.20. The molecule has 0 saturated carbocycles. The predicted octanol–water partition coefficient (Wildman–Crippen LogP) is 1.37. The molecule has 0 saturated heterocycles. The van der Waals surface area contributed by atoms with Gasteiger partial charge in [0.25, 0.3) is 0 Å². The molecule has 0 spiro atoms. The number of pyridine rings is 1. The average molecular weight is 176 g/mol. The van der Waals surface area contributed by atoms with Crippen LogP contribution in [-0.4, -0.2) is 10.2 Å². The lowest BCUT2D eigenvalue weighted by molar-refractivity contribution is -0.385. The first-order valence-electron chi connectivity index (χ1n) is 4.01. The highest BCUT2D eigenvalue weighted by Gasteiger charge is 2.07. The molecule has 3 nitrogen and oxygen atoms in total. The van der Waals surface area contributed by atoms with Crippen LogP contribution in [0, 0.1) is 6.92 Å². The van der Waals surface area contributed by atoms with Crippen molar-refractivity contribution in [1.29, 1.82) is 0 Å². The molecule has 0 aliphatic carbocycles. The van der Waals surface area contributed by atoms with E-state index in [9.17, 15) is 10.2 Å². The second-order valence-electron chi connectivity index (χ2n) is 3.05. The number of benzene rings is 1. The van der Waals surface area contributed by atoms with Crippen LogP contribution in [0.4, 0.5) is 0 Å². The van der Waals surface area contributed by atoms with Crippen LogP contribution in [0.3, 0.4) is 0 Å². The third kappa shape index (κ3) is 1.18. The van der Waals surface area contributed by atoms with Gasteiger partial charge < -0.3 is 10.2 Å². The van der Waals surface area contributed by atoms with Crippen molar-refractivity contribution in [1.82, 2.24) is 0 Å². The highest BCUT2D eigenvalue weighted by Crippen LogP contribution is 2.32. The number of hydrogen-bond acceptors (Lipinski definition) is 2. The van der Waals surface area contributed by atoms with Crippen LogP contribution in [0.25, 0.3) is 10.8 Å². The van der Waals surface area contributed by atoms with Gasteiger partial charge in [-0.05, 0) is 17.5 Å². The number of H-pyrrole nitrogens is 1. The maximum absolute atomic E-state index is 9.48. The van der Waals surface area contributed by atoms with Gasteiger partial charge in [-0.15, -0.1) is 0 Å². The molecule has 3 N–H and O–H groups in total. The molecule has 0 bridgehead atoms. The summed E-state index contributed by atoms with van der Waals surface area (Å²) in [5.41, 5.74) is 1.01. The standard InChI is InChI=1S/C10H9NO2/c1-6-4-7-2-3-9(12)10(13)8(7)5-11-6/h2-5,12-13H,1H3/p+1. The number of aromatic hydroxyl groups is 2. The molecule has 0 fully saturated rings. The second kappa shape index (κ2) is 2.62. The maximum atomic E-state index is 9.48. The van der Waals surface area contributed by atoms with E-state index in [1.165, 1.54) is 6.07 Å². The number of phenols is 2. The van der Waals surface area contributed by atoms with Gasteiger partial charge in [-0.3, -0.25) is 0 Å². The molecule has 1 aromatic carbocycles. The van der Waals surface area contributed by atoms with Crippen molar-refractivity contribution in [3.05, 3.63) is 30.1 Å². The highest BCUT2D eigenvalue weighted by atomic mass is 16.3. The number of phenolic OH excluding ortho intramolecular Hbond substituents is 2. The van der Waals surface area contributed by atoms with Crippen LogP contribution in [0.1, 0.15) is 5.69 Å². The highest BCUT2D eigenvalue weighted by molar-refractivity contribution is 5.89. The Morgan fingerprint density at radius 3 is 2.77 bits per heavy atom. The number of nitrogens with one attached hydrogen (secondary N) is 1. The lowest BCUT2D eigenvalue weighted by Gasteiger charge is -2.00. The number of aromatic nitrogens is 1. The maximum Gasteiger partial charge on any atom is 0.179 e. The number of fused-ring (bicyclic) bond motifs is 1. The van der Waals surface area contributed by atoms with Crippen molar-refractivity contribution in [3.8, 4) is 11.5 Å². The van der Waals surface area contributed by atoms with Crippen molar-refractivity contribution in [2.24, 2.45) is 0 Å². The quantitative estimate of drug-likeness (QED) is 0.596. The number of aryl methyl sites for hydroxylation is 1. The Morgan fingerprint density at radius 2 is 2.00 bits per heavy atom. The SMILES string of the molecule is Cc1cc2ccc(O)c(O)c2c[nH+]1. The first kappa shape index (κ1) is 7.86. The summed E-state index contributed by atoms with van der Waals surface area (Å²) < 4.78 is 0. The first-order chi connectivity index (χ1) is 6.18. The second-order valence-corrected chi connectivity index (χ2v) is 3.05. The Bertz CT molecular complexity index is 466. The zero-order valence-electron chi connectivity index (χ0n) is 7.20. The van der Waals surface area contributed by atoms with E-state index in [1.807, 2.05) is 13.0 Å². The number of aromatic amines is 1. The molecule has 66 valence electrons. The van der Waals surface area contributed by atoms with Gasteiger partial charge >= 0.3 is 0 Å². The molecule has 0 aliphatic heterocycles. The van der Waals surface area contributed by atoms with Crippen LogP contribution in [-0.2, 0) is 0 Å². The molecule has 0 radical (unpaired) electrons. The van der Waals surface area contributed by atoms with E-state index in [-0.39, 0.29) is 11.5 Å². The summed E-state index contributed by atoms with van der Waals surface area (Å²) >= 11 is 0. The number of rotatable bonds is 0. The Morgan fingerprint density at radius 1 is 1.23 bits per heavy atom. The van der Waals surface area contributed by atoms with Gasteiger partial charge in [0, 0.05) is 13.0 Å². The van der Waals surface area contributed by atoms with Gasteiger partial charge in [-0.2, -0.15) is 0 Å². The summed E-state index contributed by atoms with van der Waals surface area (Å²) in [6.07, 6.45) is 1.68. The van der Waals surface area contributed by atoms with Gasteiger partial charge in [0.1, 0.15) is 0 Å². The van der Waals surface area contributed by atoms with Crippen LogP contribution in [0.2, 0.25) is 0 Å². The van der Waals surface area contributed by atoms with Crippen LogP contribution in [0.15, 0.2) is 24.4 Å². The van der Waals surface area contributed by atoms with Gasteiger partial charge in [0.2, 0.25) is 0 Å². The van der Waals surface area contributed by atoms with E-state index >= 15 is 0 Å². The smallest absolute Gasteiger partial charge is 0.179 e. The van der Waals surface area contributed by atoms with Crippen LogP contribution in [0.5, 0.6) is 11.5 Å². The fourth-order valence-corrected chi connectivity index (χ4v) is 1.35. The Balaban J connectivity index is 2.87. The minimum absolute atomic E-state index is 0.0752. The molecule has 0 unspecified atom stereocenters. The van der Waals surface area contributed by atoms with Gasteiger partial charge in [0.15, 0.2) is 23.4 Å². The third-order valence-electron chi connectivity index (χ3n) is 2.05. The lowest BCUT2D eigenvalue weighted by atomic mass is 10.1. The average Bonchev–Trinajstić information content (AvgIpc) is 2.12. The molecule has 2 aromatic rings. The fraction of sp³-hybridized carbons (Fsp3) is 0.100.